The van der Waals surface area contributed by atoms with E-state index >= 15 is 0 Å². The second kappa shape index (κ2) is 7.55. The molecule has 1 saturated heterocycles. The molecular weight excluding hydrogens is 392 g/mol. The summed E-state index contributed by atoms with van der Waals surface area (Å²) in [5.41, 5.74) is 0.358. The number of nitrogens with one attached hydrogen (secondary N) is 1. The Morgan fingerprint density at radius 2 is 1.97 bits per heavy atom. The molecule has 1 aromatic heterocycles. The Morgan fingerprint density at radius 1 is 1.28 bits per heavy atom. The van der Waals surface area contributed by atoms with Crippen LogP contribution in [0, 0.1) is 0 Å². The third kappa shape index (κ3) is 3.95. The van der Waals surface area contributed by atoms with E-state index in [1.807, 2.05) is 18.2 Å². The second-order valence-corrected chi connectivity index (χ2v) is 8.65. The van der Waals surface area contributed by atoms with Crippen LogP contribution in [0.15, 0.2) is 30.6 Å². The van der Waals surface area contributed by atoms with Gasteiger partial charge >= 0.3 is 0 Å². The molecule has 1 spiro atoms. The number of likely N-dealkylation sites (tertiary alicyclic amines) is 1. The lowest BCUT2D eigenvalue weighted by Crippen LogP contribution is -2.47. The number of ether oxygens (including phenoxy) is 1. The maximum Gasteiger partial charge on any atom is 0.235 e. The first-order valence-corrected chi connectivity index (χ1v) is 10.2. The summed E-state index contributed by atoms with van der Waals surface area (Å²) in [6.45, 7) is 6.18. The molecule has 0 unspecified atom stereocenters. The normalized spacial score (nSPS) is 18.6. The molecule has 0 aliphatic carbocycles. The first kappa shape index (κ1) is 20.1. The van der Waals surface area contributed by atoms with Gasteiger partial charge in [-0.15, -0.1) is 0 Å². The summed E-state index contributed by atoms with van der Waals surface area (Å²) < 4.78 is 5.74. The zero-order valence-corrected chi connectivity index (χ0v) is 17.4. The van der Waals surface area contributed by atoms with Gasteiger partial charge < -0.3 is 15.2 Å². The summed E-state index contributed by atoms with van der Waals surface area (Å²) in [5.74, 6) is 1.02. The van der Waals surface area contributed by atoms with Gasteiger partial charge in [-0.05, 0) is 63.5 Å². The number of aliphatic hydroxyl groups is 1. The van der Waals surface area contributed by atoms with Crippen molar-refractivity contribution in [3.8, 4) is 5.75 Å². The molecule has 154 valence electrons. The van der Waals surface area contributed by atoms with Crippen molar-refractivity contribution < 1.29 is 14.6 Å². The van der Waals surface area contributed by atoms with E-state index in [-0.39, 0.29) is 5.91 Å². The molecule has 2 aliphatic heterocycles. The fourth-order valence-corrected chi connectivity index (χ4v) is 4.21. The Labute approximate surface area is 175 Å². The molecule has 1 aromatic carbocycles. The van der Waals surface area contributed by atoms with Crippen LogP contribution in [0.3, 0.4) is 0 Å². The van der Waals surface area contributed by atoms with Gasteiger partial charge in [-0.2, -0.15) is 0 Å². The number of halogens is 1. The molecule has 8 heteroatoms. The average molecular weight is 417 g/mol. The molecule has 7 nitrogen and oxygen atoms in total. The molecule has 29 heavy (non-hydrogen) atoms. The molecule has 4 rings (SSSR count). The number of rotatable bonds is 5. The van der Waals surface area contributed by atoms with Gasteiger partial charge in [-0.25, -0.2) is 9.97 Å². The highest BCUT2D eigenvalue weighted by atomic mass is 35.5. The number of hydrogen-bond donors (Lipinski definition) is 2. The number of benzene rings is 1. The quantitative estimate of drug-likeness (QED) is 0.779. The Morgan fingerprint density at radius 3 is 2.62 bits per heavy atom. The van der Waals surface area contributed by atoms with Crippen molar-refractivity contribution in [3.05, 3.63) is 47.0 Å². The van der Waals surface area contributed by atoms with Crippen LogP contribution in [0.25, 0.3) is 0 Å². The molecule has 2 N–H and O–H groups in total. The summed E-state index contributed by atoms with van der Waals surface area (Å²) in [4.78, 5) is 23.3. The minimum atomic E-state index is -1.07. The molecule has 0 bridgehead atoms. The Hall–Kier alpha value is -2.22. The van der Waals surface area contributed by atoms with E-state index in [0.29, 0.717) is 23.2 Å². The highest BCUT2D eigenvalue weighted by Crippen LogP contribution is 2.45. The van der Waals surface area contributed by atoms with Crippen molar-refractivity contribution in [3.63, 3.8) is 0 Å². The van der Waals surface area contributed by atoms with Crippen molar-refractivity contribution >= 4 is 23.2 Å². The largest absolute Gasteiger partial charge is 0.489 e. The van der Waals surface area contributed by atoms with Crippen LogP contribution < -0.4 is 10.1 Å². The molecule has 0 radical (unpaired) electrons. The summed E-state index contributed by atoms with van der Waals surface area (Å²) in [6, 6.07) is 5.62. The number of hydrogen-bond acceptors (Lipinski definition) is 6. The van der Waals surface area contributed by atoms with E-state index in [9.17, 15) is 9.90 Å². The van der Waals surface area contributed by atoms with Crippen LogP contribution in [-0.4, -0.2) is 52.1 Å². The SMILES string of the molecule is CC(C)(O)c1ncc(OCCN2CCC3(CC2)C(=O)Nc2ccc(Cl)cc23)cn1. The van der Waals surface area contributed by atoms with E-state index in [1.165, 1.54) is 0 Å². The number of aromatic nitrogens is 2. The first-order chi connectivity index (χ1) is 13.8. The molecule has 1 fully saturated rings. The van der Waals surface area contributed by atoms with Gasteiger partial charge in [0.15, 0.2) is 11.6 Å². The molecule has 2 aliphatic rings. The van der Waals surface area contributed by atoms with E-state index < -0.39 is 11.0 Å². The third-order valence-corrected chi connectivity index (χ3v) is 5.98. The topological polar surface area (TPSA) is 87.6 Å². The third-order valence-electron chi connectivity index (χ3n) is 5.74. The van der Waals surface area contributed by atoms with E-state index in [2.05, 4.69) is 20.2 Å². The number of carbonyl (C=O) groups is 1. The number of amides is 1. The van der Waals surface area contributed by atoms with Crippen LogP contribution in [0.1, 0.15) is 38.1 Å². The highest BCUT2D eigenvalue weighted by molar-refractivity contribution is 6.31. The van der Waals surface area contributed by atoms with Crippen LogP contribution in [0.5, 0.6) is 5.75 Å². The van der Waals surface area contributed by atoms with Gasteiger partial charge in [0.25, 0.3) is 0 Å². The summed E-state index contributed by atoms with van der Waals surface area (Å²) >= 11 is 6.17. The lowest BCUT2D eigenvalue weighted by atomic mass is 9.73. The highest BCUT2D eigenvalue weighted by Gasteiger charge is 2.48. The van der Waals surface area contributed by atoms with Crippen molar-refractivity contribution in [2.24, 2.45) is 0 Å². The standard InChI is InChI=1S/C21H25ClN4O3/c1-20(2,28)18-23-12-15(13-24-18)29-10-9-26-7-5-21(6-8-26)16-11-14(22)3-4-17(16)25-19(21)27/h3-4,11-13,28H,5-10H2,1-2H3,(H,25,27). The second-order valence-electron chi connectivity index (χ2n) is 8.22. The lowest BCUT2D eigenvalue weighted by Gasteiger charge is -2.37. The Bertz CT molecular complexity index is 903. The molecule has 2 aromatic rings. The number of nitrogens with zero attached hydrogens (tertiary/aromatic N) is 3. The number of piperidine rings is 1. The molecule has 0 saturated carbocycles. The number of carbonyl (C=O) groups excluding carboxylic acids is 1. The van der Waals surface area contributed by atoms with Gasteiger partial charge in [-0.3, -0.25) is 9.69 Å². The summed E-state index contributed by atoms with van der Waals surface area (Å²) in [7, 11) is 0. The van der Waals surface area contributed by atoms with Crippen LogP contribution in [0.2, 0.25) is 5.02 Å². The van der Waals surface area contributed by atoms with Crippen LogP contribution >= 0.6 is 11.6 Å². The zero-order valence-electron chi connectivity index (χ0n) is 16.6. The lowest BCUT2D eigenvalue weighted by molar-refractivity contribution is -0.122. The van der Waals surface area contributed by atoms with Gasteiger partial charge in [0, 0.05) is 17.3 Å². The zero-order chi connectivity index (χ0) is 20.6. The number of fused-ring (bicyclic) bond motifs is 2. The average Bonchev–Trinajstić information content (AvgIpc) is 2.94. The van der Waals surface area contributed by atoms with Gasteiger partial charge in [0.2, 0.25) is 5.91 Å². The van der Waals surface area contributed by atoms with Crippen molar-refractivity contribution in [2.45, 2.75) is 37.7 Å². The predicted molar refractivity (Wildman–Crippen MR) is 110 cm³/mol. The van der Waals surface area contributed by atoms with E-state index in [0.717, 1.165) is 43.7 Å². The molecule has 1 amide bonds. The van der Waals surface area contributed by atoms with Crippen LogP contribution in [0.4, 0.5) is 5.69 Å². The maximum absolute atomic E-state index is 12.7. The molecule has 3 heterocycles. The van der Waals surface area contributed by atoms with Gasteiger partial charge in [0.1, 0.15) is 12.2 Å². The fraction of sp³-hybridized carbons (Fsp3) is 0.476. The summed E-state index contributed by atoms with van der Waals surface area (Å²) in [6.07, 6.45) is 4.68. The van der Waals surface area contributed by atoms with E-state index in [4.69, 9.17) is 16.3 Å². The number of anilines is 1. The minimum absolute atomic E-state index is 0.0784. The van der Waals surface area contributed by atoms with Gasteiger partial charge in [-0.1, -0.05) is 11.6 Å². The van der Waals surface area contributed by atoms with Gasteiger partial charge in [0.05, 0.1) is 17.8 Å². The molecular formula is C21H25ClN4O3. The maximum atomic E-state index is 12.7. The van der Waals surface area contributed by atoms with E-state index in [1.54, 1.807) is 26.2 Å². The molecule has 0 atom stereocenters. The van der Waals surface area contributed by atoms with Crippen molar-refractivity contribution in [1.29, 1.82) is 0 Å². The van der Waals surface area contributed by atoms with Crippen LogP contribution in [-0.2, 0) is 15.8 Å². The van der Waals surface area contributed by atoms with Crippen molar-refractivity contribution in [1.82, 2.24) is 14.9 Å². The Balaban J connectivity index is 1.31. The summed E-state index contributed by atoms with van der Waals surface area (Å²) in [5, 5.41) is 13.6. The first-order valence-electron chi connectivity index (χ1n) is 9.79. The Kier molecular flexibility index (Phi) is 5.23. The predicted octanol–water partition coefficient (Wildman–Crippen LogP) is 2.72. The minimum Gasteiger partial charge on any atom is -0.489 e. The fourth-order valence-electron chi connectivity index (χ4n) is 4.04. The monoisotopic (exact) mass is 416 g/mol. The van der Waals surface area contributed by atoms with Crippen molar-refractivity contribution in [2.75, 3.05) is 31.6 Å². The smallest absolute Gasteiger partial charge is 0.235 e.